The molecule has 0 heterocycles. The molecule has 0 amide bonds. The van der Waals surface area contributed by atoms with Gasteiger partial charge >= 0.3 is 0 Å². The van der Waals surface area contributed by atoms with Crippen LogP contribution < -0.4 is 4.74 Å². The van der Waals surface area contributed by atoms with Crippen LogP contribution in [0.15, 0.2) is 171 Å². The van der Waals surface area contributed by atoms with Crippen LogP contribution in [0.5, 0.6) is 11.5 Å². The van der Waals surface area contributed by atoms with Crippen LogP contribution in [-0.2, 0) is 25.7 Å². The fourth-order valence-corrected chi connectivity index (χ4v) is 5.50. The summed E-state index contributed by atoms with van der Waals surface area (Å²) in [6.07, 6.45) is 3.37. The van der Waals surface area contributed by atoms with Crippen molar-refractivity contribution in [2.75, 3.05) is 0 Å². The zero-order valence-electron chi connectivity index (χ0n) is 24.7. The first-order valence-electron chi connectivity index (χ1n) is 14.9. The van der Waals surface area contributed by atoms with Gasteiger partial charge in [-0.05, 0) is 58.4 Å². The third-order valence-electron chi connectivity index (χ3n) is 7.60. The summed E-state index contributed by atoms with van der Waals surface area (Å²) in [5.74, 6) is 1.85. The van der Waals surface area contributed by atoms with Gasteiger partial charge in [-0.3, -0.25) is 0 Å². The van der Waals surface area contributed by atoms with E-state index in [1.165, 1.54) is 44.5 Å². The van der Waals surface area contributed by atoms with Crippen molar-refractivity contribution < 1.29 is 4.74 Å². The second kappa shape index (κ2) is 15.2. The molecule has 0 aliphatic carbocycles. The molecule has 0 saturated heterocycles. The molecular formula is C42H38O. The van der Waals surface area contributed by atoms with Crippen molar-refractivity contribution in [3.63, 3.8) is 0 Å². The molecule has 6 rings (SSSR count). The topological polar surface area (TPSA) is 9.23 Å². The second-order valence-corrected chi connectivity index (χ2v) is 10.5. The Morgan fingerprint density at radius 2 is 0.628 bits per heavy atom. The fourth-order valence-electron chi connectivity index (χ4n) is 5.50. The molecule has 6 aromatic rings. The maximum Gasteiger partial charge on any atom is 0.131 e. The molecule has 0 spiro atoms. The molecule has 212 valence electrons. The molecule has 0 aliphatic rings. The third kappa shape index (κ3) is 7.99. The van der Waals surface area contributed by atoms with Gasteiger partial charge in [-0.1, -0.05) is 146 Å². The summed E-state index contributed by atoms with van der Waals surface area (Å²) in [5.41, 5.74) is 10.2. The van der Waals surface area contributed by atoms with E-state index in [1.807, 2.05) is 0 Å². The highest BCUT2D eigenvalue weighted by Gasteiger charge is 2.16. The Kier molecular flexibility index (Phi) is 10.4. The van der Waals surface area contributed by atoms with E-state index in [0.717, 1.165) is 37.2 Å². The Balaban J connectivity index is 0.00000180. The molecule has 0 bridgehead atoms. The largest absolute Gasteiger partial charge is 0.457 e. The molecule has 0 atom stereocenters. The van der Waals surface area contributed by atoms with Crippen molar-refractivity contribution in [1.82, 2.24) is 0 Å². The van der Waals surface area contributed by atoms with E-state index in [0.29, 0.717) is 0 Å². The number of benzene rings is 6. The van der Waals surface area contributed by atoms with E-state index in [1.54, 1.807) is 0 Å². The molecular weight excluding hydrogens is 520 g/mol. The minimum absolute atomic E-state index is 0.816. The van der Waals surface area contributed by atoms with Gasteiger partial charge in [0, 0.05) is 24.0 Å². The summed E-state index contributed by atoms with van der Waals surface area (Å²) < 4.78 is 6.94. The van der Waals surface area contributed by atoms with Crippen molar-refractivity contribution in [1.29, 1.82) is 0 Å². The quantitative estimate of drug-likeness (QED) is 0.152. The fraction of sp³-hybridized carbons (Fsp3) is 0.0952. The Morgan fingerprint density at radius 1 is 0.326 bits per heavy atom. The SMILES string of the molecule is C=C.c1ccc(Cc2cccc(Oc3cccc(Cc4ccccc4)c3Cc3ccccc3)c2Cc2ccccc2)cc1. The molecule has 1 nitrogen and oxygen atoms in total. The molecule has 0 aromatic heterocycles. The summed E-state index contributed by atoms with van der Waals surface area (Å²) in [5, 5.41) is 0. The summed E-state index contributed by atoms with van der Waals surface area (Å²) in [6.45, 7) is 6.00. The standard InChI is InChI=1S/C40H34O.C2H4/c1-5-15-31(16-6-1)27-35-23-13-25-39(37(35)29-33-19-9-3-10-20-33)41-40-26-14-24-36(28-32-17-7-2-8-18-32)38(40)30-34-21-11-4-12-22-34;1-2/h1-26H,27-30H2;1-2H2. The molecule has 43 heavy (non-hydrogen) atoms. The molecule has 0 saturated carbocycles. The van der Waals surface area contributed by atoms with Crippen molar-refractivity contribution in [3.8, 4) is 11.5 Å². The first-order chi connectivity index (χ1) is 21.3. The Bertz CT molecular complexity index is 1560. The lowest BCUT2D eigenvalue weighted by Crippen LogP contribution is -2.04. The van der Waals surface area contributed by atoms with Gasteiger partial charge in [0.05, 0.1) is 0 Å². The van der Waals surface area contributed by atoms with Gasteiger partial charge in [0.25, 0.3) is 0 Å². The number of ether oxygens (including phenoxy) is 1. The van der Waals surface area contributed by atoms with Crippen LogP contribution in [0.3, 0.4) is 0 Å². The maximum absolute atomic E-state index is 6.94. The molecule has 0 unspecified atom stereocenters. The van der Waals surface area contributed by atoms with Gasteiger partial charge in [-0.2, -0.15) is 0 Å². The molecule has 0 aliphatic heterocycles. The van der Waals surface area contributed by atoms with E-state index < -0.39 is 0 Å². The minimum Gasteiger partial charge on any atom is -0.457 e. The van der Waals surface area contributed by atoms with E-state index in [4.69, 9.17) is 4.74 Å². The van der Waals surface area contributed by atoms with Crippen molar-refractivity contribution in [2.45, 2.75) is 25.7 Å². The van der Waals surface area contributed by atoms with Gasteiger partial charge in [0.15, 0.2) is 0 Å². The van der Waals surface area contributed by atoms with Crippen LogP contribution in [0.2, 0.25) is 0 Å². The minimum atomic E-state index is 0.816. The van der Waals surface area contributed by atoms with E-state index >= 15 is 0 Å². The van der Waals surface area contributed by atoms with Crippen molar-refractivity contribution in [3.05, 3.63) is 215 Å². The molecule has 1 heteroatoms. The summed E-state index contributed by atoms with van der Waals surface area (Å²) in [6, 6.07) is 55.8. The van der Waals surface area contributed by atoms with Crippen LogP contribution in [0.4, 0.5) is 0 Å². The highest BCUT2D eigenvalue weighted by Crippen LogP contribution is 2.35. The zero-order chi connectivity index (χ0) is 29.7. The van der Waals surface area contributed by atoms with Crippen molar-refractivity contribution in [2.24, 2.45) is 0 Å². The lowest BCUT2D eigenvalue weighted by Gasteiger charge is -2.20. The molecule has 0 N–H and O–H groups in total. The van der Waals surface area contributed by atoms with Crippen LogP contribution in [0, 0.1) is 0 Å². The summed E-state index contributed by atoms with van der Waals surface area (Å²) in [4.78, 5) is 0. The monoisotopic (exact) mass is 558 g/mol. The molecule has 0 radical (unpaired) electrons. The molecule has 0 fully saturated rings. The molecule has 6 aromatic carbocycles. The third-order valence-corrected chi connectivity index (χ3v) is 7.60. The average molecular weight is 559 g/mol. The number of rotatable bonds is 10. The van der Waals surface area contributed by atoms with Gasteiger partial charge in [-0.25, -0.2) is 0 Å². The normalized spacial score (nSPS) is 10.4. The Hall–Kier alpha value is -5.14. The summed E-state index contributed by atoms with van der Waals surface area (Å²) in [7, 11) is 0. The van der Waals surface area contributed by atoms with Crippen LogP contribution in [0.1, 0.15) is 44.5 Å². The highest BCUT2D eigenvalue weighted by molar-refractivity contribution is 5.51. The highest BCUT2D eigenvalue weighted by atomic mass is 16.5. The predicted octanol–water partition coefficient (Wildman–Crippen LogP) is 10.6. The number of hydrogen-bond acceptors (Lipinski definition) is 1. The maximum atomic E-state index is 6.94. The van der Waals surface area contributed by atoms with Gasteiger partial charge in [-0.15, -0.1) is 13.2 Å². The van der Waals surface area contributed by atoms with E-state index in [-0.39, 0.29) is 0 Å². The van der Waals surface area contributed by atoms with Gasteiger partial charge < -0.3 is 4.74 Å². The Labute approximate surface area is 256 Å². The van der Waals surface area contributed by atoms with E-state index in [2.05, 4.69) is 171 Å². The van der Waals surface area contributed by atoms with Gasteiger partial charge in [0.1, 0.15) is 11.5 Å². The smallest absolute Gasteiger partial charge is 0.131 e. The average Bonchev–Trinajstić information content (AvgIpc) is 3.07. The zero-order valence-corrected chi connectivity index (χ0v) is 24.7. The Morgan fingerprint density at radius 3 is 0.953 bits per heavy atom. The van der Waals surface area contributed by atoms with Crippen LogP contribution in [-0.4, -0.2) is 0 Å². The van der Waals surface area contributed by atoms with Crippen molar-refractivity contribution >= 4 is 0 Å². The predicted molar refractivity (Wildman–Crippen MR) is 181 cm³/mol. The second-order valence-electron chi connectivity index (χ2n) is 10.5. The van der Waals surface area contributed by atoms with Gasteiger partial charge in [0.2, 0.25) is 0 Å². The van der Waals surface area contributed by atoms with Crippen LogP contribution in [0.25, 0.3) is 0 Å². The van der Waals surface area contributed by atoms with E-state index in [9.17, 15) is 0 Å². The number of hydrogen-bond donors (Lipinski definition) is 0. The lowest BCUT2D eigenvalue weighted by atomic mass is 9.93. The summed E-state index contributed by atoms with van der Waals surface area (Å²) >= 11 is 0. The lowest BCUT2D eigenvalue weighted by molar-refractivity contribution is 0.470. The first-order valence-corrected chi connectivity index (χ1v) is 14.9. The van der Waals surface area contributed by atoms with Crippen LogP contribution >= 0.6 is 0 Å². The first kappa shape index (κ1) is 29.4.